The van der Waals surface area contributed by atoms with E-state index in [1.807, 2.05) is 0 Å². The summed E-state index contributed by atoms with van der Waals surface area (Å²) in [6.45, 7) is 1.55. The summed E-state index contributed by atoms with van der Waals surface area (Å²) in [5.41, 5.74) is 5.04. The minimum absolute atomic E-state index is 0. The molecule has 8 heavy (non-hydrogen) atoms. The summed E-state index contributed by atoms with van der Waals surface area (Å²) in [5.74, 6) is -0.458. The van der Waals surface area contributed by atoms with Crippen LogP contribution in [0.2, 0.25) is 0 Å². The summed E-state index contributed by atoms with van der Waals surface area (Å²) in [5, 5.41) is 0. The van der Waals surface area contributed by atoms with Gasteiger partial charge in [0.1, 0.15) is 6.04 Å². The number of carbonyl (C=O) groups excluding carboxylic acids is 1. The summed E-state index contributed by atoms with van der Waals surface area (Å²) in [7, 11) is 0. The van der Waals surface area contributed by atoms with Crippen LogP contribution < -0.4 is 5.73 Å². The van der Waals surface area contributed by atoms with Gasteiger partial charge in [-0.15, -0.1) is 0 Å². The topological polar surface area (TPSA) is 52.3 Å². The molecule has 0 unspecified atom stereocenters. The van der Waals surface area contributed by atoms with Crippen molar-refractivity contribution in [2.75, 3.05) is 0 Å². The van der Waals surface area contributed by atoms with E-state index < -0.39 is 12.0 Å². The van der Waals surface area contributed by atoms with E-state index in [1.165, 1.54) is 0 Å². The Bertz CT molecular complexity index is 84.9. The second kappa shape index (κ2) is 5.81. The zero-order valence-electron chi connectivity index (χ0n) is 6.56. The molecular formula is C3H8BrMgNO2. The van der Waals surface area contributed by atoms with E-state index in [2.05, 4.69) is 20.1 Å². The fraction of sp³-hybridized carbons (Fsp3) is 0.667. The Kier molecular flexibility index (Phi) is 8.33. The molecule has 3 nitrogen and oxygen atoms in total. The molecule has 0 saturated carbocycles. The fourth-order valence-electron chi connectivity index (χ4n) is 0.0703. The van der Waals surface area contributed by atoms with E-state index in [9.17, 15) is 4.79 Å². The van der Waals surface area contributed by atoms with Crippen molar-refractivity contribution in [1.29, 1.82) is 0 Å². The minimum Gasteiger partial charge on any atom is -1.00 e. The normalized spacial score (nSPS) is 11.4. The van der Waals surface area contributed by atoms with Crippen molar-refractivity contribution in [2.24, 2.45) is 5.73 Å². The summed E-state index contributed by atoms with van der Waals surface area (Å²) >= 11 is 2.49. The molecule has 0 bridgehead atoms. The van der Waals surface area contributed by atoms with E-state index in [0.717, 1.165) is 0 Å². The first-order chi connectivity index (χ1) is 3.18. The molecule has 0 aliphatic heterocycles. The second-order valence-electron chi connectivity index (χ2n) is 1.18. The molecule has 0 aromatic carbocycles. The van der Waals surface area contributed by atoms with Gasteiger partial charge in [0.05, 0.1) is 0 Å². The number of carbonyl (C=O) groups is 1. The summed E-state index contributed by atoms with van der Waals surface area (Å²) < 4.78 is 4.06. The Labute approximate surface area is 75.5 Å². The summed E-state index contributed by atoms with van der Waals surface area (Å²) in [6, 6.07) is -0.542. The minimum atomic E-state index is -0.542. The van der Waals surface area contributed by atoms with Crippen molar-refractivity contribution in [1.82, 2.24) is 0 Å². The molecule has 5 heteroatoms. The third kappa shape index (κ3) is 4.83. The zero-order valence-corrected chi connectivity index (χ0v) is 7.56. The van der Waals surface area contributed by atoms with Crippen molar-refractivity contribution in [3.8, 4) is 0 Å². The van der Waals surface area contributed by atoms with Crippen LogP contribution in [0.4, 0.5) is 0 Å². The standard InChI is InChI=1S/C3H6BrNO2.Mg.2H/c1-2(5)3(6)7-4;;;/h2H,5H2,1H3;;;/q;+2;2*-1/t2-;;;/m0.../s1. The van der Waals surface area contributed by atoms with Crippen molar-refractivity contribution >= 4 is 45.3 Å². The smallest absolute Gasteiger partial charge is 1.00 e. The van der Waals surface area contributed by atoms with Crippen LogP contribution in [-0.2, 0) is 8.62 Å². The van der Waals surface area contributed by atoms with Gasteiger partial charge in [-0.1, -0.05) is 0 Å². The second-order valence-corrected chi connectivity index (χ2v) is 1.51. The Morgan fingerprint density at radius 1 is 2.00 bits per heavy atom. The fourth-order valence-corrected chi connectivity index (χ4v) is 0.365. The van der Waals surface area contributed by atoms with Gasteiger partial charge in [0, 0.05) is 0 Å². The van der Waals surface area contributed by atoms with Crippen molar-refractivity contribution in [3.63, 3.8) is 0 Å². The van der Waals surface area contributed by atoms with Gasteiger partial charge in [0.2, 0.25) is 0 Å². The van der Waals surface area contributed by atoms with Gasteiger partial charge in [0.25, 0.3) is 0 Å². The SMILES string of the molecule is C[C@H](N)C(=O)OBr.[H-].[H-].[Mg+2]. The Morgan fingerprint density at radius 3 is 2.38 bits per heavy atom. The van der Waals surface area contributed by atoms with E-state index in [1.54, 1.807) is 6.92 Å². The predicted molar refractivity (Wildman–Crippen MR) is 36.6 cm³/mol. The molecule has 0 amide bonds. The zero-order chi connectivity index (χ0) is 5.86. The third-order valence-corrected chi connectivity index (χ3v) is 0.767. The molecule has 0 heterocycles. The van der Waals surface area contributed by atoms with Crippen molar-refractivity contribution in [3.05, 3.63) is 0 Å². The Hall–Kier alpha value is 0.676. The predicted octanol–water partition coefficient (Wildman–Crippen LogP) is 0.0309. The van der Waals surface area contributed by atoms with Crippen molar-refractivity contribution < 1.29 is 11.5 Å². The molecule has 2 N–H and O–H groups in total. The molecular weight excluding hydrogens is 186 g/mol. The van der Waals surface area contributed by atoms with Crippen LogP contribution in [-0.4, -0.2) is 35.1 Å². The van der Waals surface area contributed by atoms with E-state index in [0.29, 0.717) is 0 Å². The van der Waals surface area contributed by atoms with E-state index in [-0.39, 0.29) is 25.9 Å². The molecule has 0 radical (unpaired) electrons. The van der Waals surface area contributed by atoms with Crippen molar-refractivity contribution in [2.45, 2.75) is 13.0 Å². The van der Waals surface area contributed by atoms with Gasteiger partial charge in [-0.25, -0.2) is 4.79 Å². The molecule has 0 saturated heterocycles. The number of hydrogen-bond donors (Lipinski definition) is 1. The molecule has 0 aliphatic carbocycles. The van der Waals surface area contributed by atoms with E-state index in [4.69, 9.17) is 5.73 Å². The molecule has 0 aromatic rings. The first-order valence-electron chi connectivity index (χ1n) is 1.76. The Morgan fingerprint density at radius 2 is 2.38 bits per heavy atom. The van der Waals surface area contributed by atoms with Gasteiger partial charge >= 0.3 is 29.0 Å². The maximum atomic E-state index is 10.1. The van der Waals surface area contributed by atoms with Gasteiger partial charge < -0.3 is 12.4 Å². The number of halogens is 1. The third-order valence-electron chi connectivity index (χ3n) is 0.448. The van der Waals surface area contributed by atoms with Gasteiger partial charge in [-0.3, -0.25) is 0 Å². The van der Waals surface area contributed by atoms with Gasteiger partial charge in [-0.2, -0.15) is 0 Å². The van der Waals surface area contributed by atoms with E-state index >= 15 is 0 Å². The van der Waals surface area contributed by atoms with Crippen LogP contribution >= 0.6 is 16.3 Å². The maximum Gasteiger partial charge on any atom is 2.00 e. The summed E-state index contributed by atoms with van der Waals surface area (Å²) in [4.78, 5) is 10.1. The average molecular weight is 194 g/mol. The molecule has 0 spiro atoms. The van der Waals surface area contributed by atoms with Gasteiger partial charge in [-0.05, 0) is 6.92 Å². The quantitative estimate of drug-likeness (QED) is 0.599. The summed E-state index contributed by atoms with van der Waals surface area (Å²) in [6.07, 6.45) is 0. The molecule has 0 aromatic heterocycles. The van der Waals surface area contributed by atoms with Crippen LogP contribution in [0.5, 0.6) is 0 Å². The Balaban J connectivity index is -0.0000000600. The molecule has 0 rings (SSSR count). The van der Waals surface area contributed by atoms with Gasteiger partial charge in [0.15, 0.2) is 16.3 Å². The first-order valence-corrected chi connectivity index (χ1v) is 2.41. The average Bonchev–Trinajstić information content (AvgIpc) is 1.65. The number of nitrogens with two attached hydrogens (primary N) is 1. The largest absolute Gasteiger partial charge is 2.00 e. The molecule has 0 fully saturated rings. The number of hydrogen-bond acceptors (Lipinski definition) is 3. The molecule has 0 aliphatic rings. The van der Waals surface area contributed by atoms with Crippen LogP contribution in [0.3, 0.4) is 0 Å². The molecule has 1 atom stereocenters. The van der Waals surface area contributed by atoms with Crippen LogP contribution in [0.15, 0.2) is 0 Å². The monoisotopic (exact) mass is 193 g/mol. The molecule has 46 valence electrons. The van der Waals surface area contributed by atoms with Crippen LogP contribution in [0.25, 0.3) is 0 Å². The van der Waals surface area contributed by atoms with Crippen LogP contribution in [0, 0.1) is 0 Å². The maximum absolute atomic E-state index is 10.1. The van der Waals surface area contributed by atoms with Crippen LogP contribution in [0.1, 0.15) is 9.78 Å². The number of rotatable bonds is 1. The first kappa shape index (κ1) is 11.5.